The van der Waals surface area contributed by atoms with Crippen LogP contribution in [-0.2, 0) is 11.2 Å². The standard InChI is InChI=1S/C13H18F2N2O.ClH/c1-9(16-2)8-17-13(18)6-3-10-7-11(14)4-5-12(10)15;/h4-5,7,9,16H,3,6,8H2,1-2H3,(H,17,18);1H. The van der Waals surface area contributed by atoms with Crippen LogP contribution in [-0.4, -0.2) is 25.5 Å². The lowest BCUT2D eigenvalue weighted by Gasteiger charge is -2.11. The van der Waals surface area contributed by atoms with Gasteiger partial charge >= 0.3 is 0 Å². The number of hydrogen-bond donors (Lipinski definition) is 2. The largest absolute Gasteiger partial charge is 0.355 e. The van der Waals surface area contributed by atoms with Crippen LogP contribution in [0.5, 0.6) is 0 Å². The summed E-state index contributed by atoms with van der Waals surface area (Å²) in [6, 6.07) is 3.44. The van der Waals surface area contributed by atoms with Gasteiger partial charge in [-0.3, -0.25) is 4.79 Å². The molecule has 0 radical (unpaired) electrons. The Hall–Kier alpha value is -1.20. The highest BCUT2D eigenvalue weighted by molar-refractivity contribution is 5.85. The molecule has 1 aromatic carbocycles. The molecule has 2 N–H and O–H groups in total. The Kier molecular flexibility index (Phi) is 8.27. The molecular formula is C13H19ClF2N2O. The normalized spacial score (nSPS) is 11.6. The molecule has 0 aliphatic rings. The average molecular weight is 293 g/mol. The van der Waals surface area contributed by atoms with Gasteiger partial charge in [0.25, 0.3) is 0 Å². The van der Waals surface area contributed by atoms with Crippen LogP contribution in [0.15, 0.2) is 18.2 Å². The fourth-order valence-electron chi connectivity index (χ4n) is 1.44. The second-order valence-corrected chi connectivity index (χ2v) is 4.23. The van der Waals surface area contributed by atoms with E-state index in [-0.39, 0.29) is 42.8 Å². The second kappa shape index (κ2) is 8.82. The van der Waals surface area contributed by atoms with Crippen LogP contribution in [0, 0.1) is 11.6 Å². The first kappa shape index (κ1) is 17.8. The van der Waals surface area contributed by atoms with Crippen LogP contribution in [0.4, 0.5) is 8.78 Å². The SMILES string of the molecule is CNC(C)CNC(=O)CCc1cc(F)ccc1F.Cl. The summed E-state index contributed by atoms with van der Waals surface area (Å²) in [7, 11) is 1.80. The number of rotatable bonds is 6. The average Bonchev–Trinajstić information content (AvgIpc) is 2.36. The van der Waals surface area contributed by atoms with Gasteiger partial charge in [0.2, 0.25) is 5.91 Å². The molecular weight excluding hydrogens is 274 g/mol. The van der Waals surface area contributed by atoms with Crippen LogP contribution in [0.1, 0.15) is 18.9 Å². The summed E-state index contributed by atoms with van der Waals surface area (Å²) in [4.78, 5) is 11.5. The highest BCUT2D eigenvalue weighted by Crippen LogP contribution is 2.11. The van der Waals surface area contributed by atoms with Crippen molar-refractivity contribution in [2.45, 2.75) is 25.8 Å². The molecule has 0 bridgehead atoms. The molecule has 19 heavy (non-hydrogen) atoms. The van der Waals surface area contributed by atoms with Crippen molar-refractivity contribution in [3.63, 3.8) is 0 Å². The first-order chi connectivity index (χ1) is 8.52. The van der Waals surface area contributed by atoms with E-state index in [1.165, 1.54) is 0 Å². The fraction of sp³-hybridized carbons (Fsp3) is 0.462. The third-order valence-corrected chi connectivity index (χ3v) is 2.73. The third kappa shape index (κ3) is 6.50. The molecule has 0 saturated heterocycles. The summed E-state index contributed by atoms with van der Waals surface area (Å²) in [5.74, 6) is -1.14. The number of hydrogen-bond acceptors (Lipinski definition) is 2. The van der Waals surface area contributed by atoms with Gasteiger partial charge < -0.3 is 10.6 Å². The van der Waals surface area contributed by atoms with E-state index in [1.807, 2.05) is 6.92 Å². The first-order valence-electron chi connectivity index (χ1n) is 5.91. The highest BCUT2D eigenvalue weighted by atomic mass is 35.5. The Balaban J connectivity index is 0.00000324. The Morgan fingerprint density at radius 3 is 2.68 bits per heavy atom. The van der Waals surface area contributed by atoms with Crippen molar-refractivity contribution < 1.29 is 13.6 Å². The van der Waals surface area contributed by atoms with Gasteiger partial charge in [-0.2, -0.15) is 0 Å². The Bertz CT molecular complexity index is 416. The van der Waals surface area contributed by atoms with Gasteiger partial charge in [0, 0.05) is 19.0 Å². The van der Waals surface area contributed by atoms with Crippen LogP contribution < -0.4 is 10.6 Å². The van der Waals surface area contributed by atoms with Gasteiger partial charge in [-0.25, -0.2) is 8.78 Å². The van der Waals surface area contributed by atoms with E-state index in [0.29, 0.717) is 6.54 Å². The summed E-state index contributed by atoms with van der Waals surface area (Å²) in [6.07, 6.45) is 0.347. The smallest absolute Gasteiger partial charge is 0.220 e. The third-order valence-electron chi connectivity index (χ3n) is 2.73. The summed E-state index contributed by atoms with van der Waals surface area (Å²) < 4.78 is 26.2. The highest BCUT2D eigenvalue weighted by Gasteiger charge is 2.08. The number of halogens is 3. The first-order valence-corrected chi connectivity index (χ1v) is 5.91. The molecule has 0 heterocycles. The summed E-state index contributed by atoms with van der Waals surface area (Å²) in [5, 5.41) is 5.71. The Labute approximate surface area is 118 Å². The lowest BCUT2D eigenvalue weighted by molar-refractivity contribution is -0.121. The van der Waals surface area contributed by atoms with Gasteiger partial charge in [-0.15, -0.1) is 12.4 Å². The zero-order valence-corrected chi connectivity index (χ0v) is 11.8. The molecule has 0 fully saturated rings. The van der Waals surface area contributed by atoms with Crippen LogP contribution >= 0.6 is 12.4 Å². The van der Waals surface area contributed by atoms with Gasteiger partial charge in [-0.05, 0) is 44.2 Å². The molecule has 0 aromatic heterocycles. The number of carbonyl (C=O) groups excluding carboxylic acids is 1. The molecule has 108 valence electrons. The van der Waals surface area contributed by atoms with E-state index in [9.17, 15) is 13.6 Å². The fourth-order valence-corrected chi connectivity index (χ4v) is 1.44. The summed E-state index contributed by atoms with van der Waals surface area (Å²) in [5.41, 5.74) is 0.229. The van der Waals surface area contributed by atoms with Crippen LogP contribution in [0.25, 0.3) is 0 Å². The lowest BCUT2D eigenvalue weighted by atomic mass is 10.1. The molecule has 1 atom stereocenters. The van der Waals surface area contributed by atoms with E-state index in [2.05, 4.69) is 10.6 Å². The minimum absolute atomic E-state index is 0. The van der Waals surface area contributed by atoms with Gasteiger partial charge in [-0.1, -0.05) is 0 Å². The molecule has 0 aliphatic carbocycles. The molecule has 6 heteroatoms. The summed E-state index contributed by atoms with van der Waals surface area (Å²) in [6.45, 7) is 2.45. The van der Waals surface area contributed by atoms with Crippen molar-refractivity contribution in [3.8, 4) is 0 Å². The van der Waals surface area contributed by atoms with E-state index in [4.69, 9.17) is 0 Å². The van der Waals surface area contributed by atoms with E-state index >= 15 is 0 Å². The van der Waals surface area contributed by atoms with Crippen molar-refractivity contribution in [1.82, 2.24) is 10.6 Å². The maximum absolute atomic E-state index is 13.3. The molecule has 0 spiro atoms. The number of aryl methyl sites for hydroxylation is 1. The zero-order valence-electron chi connectivity index (χ0n) is 11.0. The van der Waals surface area contributed by atoms with E-state index < -0.39 is 11.6 Å². The number of nitrogens with one attached hydrogen (secondary N) is 2. The van der Waals surface area contributed by atoms with Crippen LogP contribution in [0.3, 0.4) is 0 Å². The zero-order chi connectivity index (χ0) is 13.5. The summed E-state index contributed by atoms with van der Waals surface area (Å²) >= 11 is 0. The number of likely N-dealkylation sites (N-methyl/N-ethyl adjacent to an activating group) is 1. The topological polar surface area (TPSA) is 41.1 Å². The Morgan fingerprint density at radius 1 is 1.37 bits per heavy atom. The lowest BCUT2D eigenvalue weighted by Crippen LogP contribution is -2.37. The van der Waals surface area contributed by atoms with Crippen LogP contribution in [0.2, 0.25) is 0 Å². The number of benzene rings is 1. The van der Waals surface area contributed by atoms with Gasteiger partial charge in [0.1, 0.15) is 11.6 Å². The molecule has 0 saturated carbocycles. The van der Waals surface area contributed by atoms with Crippen molar-refractivity contribution >= 4 is 18.3 Å². The van der Waals surface area contributed by atoms with E-state index in [1.54, 1.807) is 7.05 Å². The molecule has 3 nitrogen and oxygen atoms in total. The molecule has 1 aromatic rings. The van der Waals surface area contributed by atoms with Gasteiger partial charge in [0.05, 0.1) is 0 Å². The maximum Gasteiger partial charge on any atom is 0.220 e. The predicted molar refractivity (Wildman–Crippen MR) is 73.5 cm³/mol. The van der Waals surface area contributed by atoms with Crippen molar-refractivity contribution in [2.75, 3.05) is 13.6 Å². The second-order valence-electron chi connectivity index (χ2n) is 4.23. The van der Waals surface area contributed by atoms with Gasteiger partial charge in [0.15, 0.2) is 0 Å². The molecule has 0 aliphatic heterocycles. The quantitative estimate of drug-likeness (QED) is 0.842. The van der Waals surface area contributed by atoms with E-state index in [0.717, 1.165) is 18.2 Å². The minimum Gasteiger partial charge on any atom is -0.355 e. The maximum atomic E-state index is 13.3. The predicted octanol–water partition coefficient (Wildman–Crippen LogP) is 2.04. The molecule has 1 unspecified atom stereocenters. The Morgan fingerprint density at radius 2 is 2.05 bits per heavy atom. The number of carbonyl (C=O) groups is 1. The molecule has 1 rings (SSSR count). The number of amides is 1. The van der Waals surface area contributed by atoms with Crippen molar-refractivity contribution in [2.24, 2.45) is 0 Å². The van der Waals surface area contributed by atoms with Crippen molar-refractivity contribution in [3.05, 3.63) is 35.4 Å². The van der Waals surface area contributed by atoms with Crippen molar-refractivity contribution in [1.29, 1.82) is 0 Å². The molecule has 1 amide bonds. The minimum atomic E-state index is -0.490. The monoisotopic (exact) mass is 292 g/mol.